The van der Waals surface area contributed by atoms with Crippen molar-refractivity contribution in [3.8, 4) is 0 Å². The number of anilines is 1. The van der Waals surface area contributed by atoms with E-state index >= 15 is 0 Å². The molecule has 1 aromatic carbocycles. The molecular formula is C19H17ClN4S. The topological polar surface area (TPSA) is 33.1 Å². The van der Waals surface area contributed by atoms with E-state index in [1.54, 1.807) is 6.20 Å². The number of nitrogens with one attached hydrogen (secondary N) is 1. The highest BCUT2D eigenvalue weighted by molar-refractivity contribution is 7.80. The van der Waals surface area contributed by atoms with Gasteiger partial charge >= 0.3 is 0 Å². The molecule has 1 atom stereocenters. The fourth-order valence-electron chi connectivity index (χ4n) is 3.24. The van der Waals surface area contributed by atoms with Gasteiger partial charge in [0, 0.05) is 37.4 Å². The minimum absolute atomic E-state index is 0.0277. The lowest BCUT2D eigenvalue weighted by Gasteiger charge is -2.39. The van der Waals surface area contributed by atoms with Crippen LogP contribution in [-0.2, 0) is 6.54 Å². The number of benzene rings is 1. The Kier molecular flexibility index (Phi) is 4.42. The molecule has 2 aromatic heterocycles. The zero-order valence-electron chi connectivity index (χ0n) is 13.5. The Labute approximate surface area is 157 Å². The fourth-order valence-corrected chi connectivity index (χ4v) is 3.73. The third-order valence-electron chi connectivity index (χ3n) is 4.41. The van der Waals surface area contributed by atoms with Crippen LogP contribution in [0.2, 0.25) is 5.02 Å². The lowest BCUT2D eigenvalue weighted by molar-refractivity contribution is 0.293. The average molecular weight is 369 g/mol. The summed E-state index contributed by atoms with van der Waals surface area (Å²) in [4.78, 5) is 6.49. The van der Waals surface area contributed by atoms with Crippen LogP contribution in [0.15, 0.2) is 67.1 Å². The number of fused-ring (bicyclic) bond motifs is 1. The van der Waals surface area contributed by atoms with Gasteiger partial charge in [-0.25, -0.2) is 0 Å². The Morgan fingerprint density at radius 2 is 2.00 bits per heavy atom. The summed E-state index contributed by atoms with van der Waals surface area (Å²) >= 11 is 12.0. The Hall–Kier alpha value is -2.37. The van der Waals surface area contributed by atoms with Crippen LogP contribution in [0.5, 0.6) is 0 Å². The first kappa shape index (κ1) is 16.1. The van der Waals surface area contributed by atoms with Crippen molar-refractivity contribution in [3.63, 3.8) is 0 Å². The molecule has 1 N–H and O–H groups in total. The maximum Gasteiger partial charge on any atom is 0.174 e. The predicted octanol–water partition coefficient (Wildman–Crippen LogP) is 4.34. The molecule has 3 aromatic rings. The van der Waals surface area contributed by atoms with Crippen molar-refractivity contribution in [1.82, 2.24) is 14.5 Å². The first-order valence-corrected chi connectivity index (χ1v) is 8.90. The van der Waals surface area contributed by atoms with Crippen molar-refractivity contribution < 1.29 is 0 Å². The number of halogens is 1. The van der Waals surface area contributed by atoms with E-state index in [0.29, 0.717) is 10.1 Å². The molecule has 0 saturated carbocycles. The van der Waals surface area contributed by atoms with Gasteiger partial charge in [0.1, 0.15) is 0 Å². The minimum Gasteiger partial charge on any atom is -0.348 e. The highest BCUT2D eigenvalue weighted by Crippen LogP contribution is 2.33. The van der Waals surface area contributed by atoms with Crippen molar-refractivity contribution in [3.05, 3.63) is 83.4 Å². The maximum atomic E-state index is 6.27. The Morgan fingerprint density at radius 3 is 2.80 bits per heavy atom. The van der Waals surface area contributed by atoms with Crippen LogP contribution in [0.4, 0.5) is 5.69 Å². The van der Waals surface area contributed by atoms with E-state index in [9.17, 15) is 0 Å². The fraction of sp³-hybridized carbons (Fsp3) is 0.158. The third kappa shape index (κ3) is 3.13. The average Bonchev–Trinajstić information content (AvgIpc) is 3.12. The lowest BCUT2D eigenvalue weighted by atomic mass is 10.0. The van der Waals surface area contributed by atoms with E-state index in [4.69, 9.17) is 23.8 Å². The molecule has 0 amide bonds. The molecule has 1 aliphatic rings. The smallest absolute Gasteiger partial charge is 0.174 e. The highest BCUT2D eigenvalue weighted by Gasteiger charge is 2.30. The first-order chi connectivity index (χ1) is 12.2. The maximum absolute atomic E-state index is 6.27. The molecule has 0 bridgehead atoms. The second kappa shape index (κ2) is 6.86. The first-order valence-electron chi connectivity index (χ1n) is 8.11. The zero-order chi connectivity index (χ0) is 17.2. The number of pyridine rings is 1. The van der Waals surface area contributed by atoms with Crippen molar-refractivity contribution in [2.24, 2.45) is 0 Å². The molecule has 0 radical (unpaired) electrons. The second-order valence-corrected chi connectivity index (χ2v) is 6.71. The van der Waals surface area contributed by atoms with Crippen molar-refractivity contribution >= 4 is 34.6 Å². The molecule has 0 fully saturated rings. The summed E-state index contributed by atoms with van der Waals surface area (Å²) in [6.07, 6.45) is 5.80. The number of rotatable bonds is 2. The number of thiocarbonyl (C=S) groups is 1. The van der Waals surface area contributed by atoms with Gasteiger partial charge in [-0.3, -0.25) is 4.98 Å². The number of nitrogens with zero attached hydrogens (tertiary/aromatic N) is 3. The molecule has 0 aliphatic carbocycles. The van der Waals surface area contributed by atoms with Crippen LogP contribution in [0.25, 0.3) is 0 Å². The summed E-state index contributed by atoms with van der Waals surface area (Å²) in [6.45, 7) is 1.71. The van der Waals surface area contributed by atoms with E-state index in [1.165, 1.54) is 5.69 Å². The van der Waals surface area contributed by atoms with Crippen molar-refractivity contribution in [1.29, 1.82) is 0 Å². The molecule has 25 heavy (non-hydrogen) atoms. The van der Waals surface area contributed by atoms with E-state index in [0.717, 1.165) is 24.3 Å². The summed E-state index contributed by atoms with van der Waals surface area (Å²) in [5.74, 6) is 0. The third-order valence-corrected chi connectivity index (χ3v) is 5.08. The van der Waals surface area contributed by atoms with E-state index in [1.807, 2.05) is 36.5 Å². The second-order valence-electron chi connectivity index (χ2n) is 5.92. The van der Waals surface area contributed by atoms with Crippen molar-refractivity contribution in [2.75, 3.05) is 11.9 Å². The van der Waals surface area contributed by atoms with Crippen molar-refractivity contribution in [2.45, 2.75) is 12.6 Å². The molecule has 1 unspecified atom stereocenters. The Balaban J connectivity index is 1.68. The molecule has 1 aliphatic heterocycles. The van der Waals surface area contributed by atoms with E-state index in [2.05, 4.69) is 44.2 Å². The van der Waals surface area contributed by atoms with Crippen LogP contribution in [0, 0.1) is 0 Å². The molecule has 3 heterocycles. The highest BCUT2D eigenvalue weighted by atomic mass is 35.5. The van der Waals surface area contributed by atoms with E-state index in [-0.39, 0.29) is 6.04 Å². The number of hydrogen-bond donors (Lipinski definition) is 1. The Bertz CT molecular complexity index is 893. The van der Waals surface area contributed by atoms with Crippen LogP contribution in [0.1, 0.15) is 17.3 Å². The summed E-state index contributed by atoms with van der Waals surface area (Å²) in [5, 5.41) is 4.62. The van der Waals surface area contributed by atoms with Crippen LogP contribution in [-0.4, -0.2) is 26.1 Å². The zero-order valence-corrected chi connectivity index (χ0v) is 15.0. The molecule has 0 spiro atoms. The predicted molar refractivity (Wildman–Crippen MR) is 105 cm³/mol. The van der Waals surface area contributed by atoms with E-state index < -0.39 is 0 Å². The monoisotopic (exact) mass is 368 g/mol. The van der Waals surface area contributed by atoms with Gasteiger partial charge in [0.15, 0.2) is 5.11 Å². The lowest BCUT2D eigenvalue weighted by Crippen LogP contribution is -2.44. The summed E-state index contributed by atoms with van der Waals surface area (Å²) in [7, 11) is 0. The quantitative estimate of drug-likeness (QED) is 0.682. The van der Waals surface area contributed by atoms with Gasteiger partial charge in [0.05, 0.1) is 16.8 Å². The van der Waals surface area contributed by atoms with Gasteiger partial charge in [-0.2, -0.15) is 0 Å². The summed E-state index contributed by atoms with van der Waals surface area (Å²) in [5.41, 5.74) is 3.15. The summed E-state index contributed by atoms with van der Waals surface area (Å²) < 4.78 is 2.27. The molecular weight excluding hydrogens is 352 g/mol. The van der Waals surface area contributed by atoms with Gasteiger partial charge in [0.2, 0.25) is 0 Å². The minimum atomic E-state index is 0.0277. The summed E-state index contributed by atoms with van der Waals surface area (Å²) in [6, 6.07) is 15.9. The van der Waals surface area contributed by atoms with Crippen LogP contribution >= 0.6 is 23.8 Å². The van der Waals surface area contributed by atoms with Gasteiger partial charge in [-0.15, -0.1) is 0 Å². The molecule has 4 nitrogen and oxygen atoms in total. The SMILES string of the molecule is S=C(Nc1ccccc1Cl)N1CCn2cccc2C1c1cccnc1. The van der Waals surface area contributed by atoms with Gasteiger partial charge < -0.3 is 14.8 Å². The van der Waals surface area contributed by atoms with Crippen LogP contribution < -0.4 is 5.32 Å². The molecule has 4 rings (SSSR count). The number of hydrogen-bond acceptors (Lipinski definition) is 2. The van der Waals surface area contributed by atoms with Gasteiger partial charge in [-0.1, -0.05) is 29.8 Å². The van der Waals surface area contributed by atoms with Crippen LogP contribution in [0.3, 0.4) is 0 Å². The largest absolute Gasteiger partial charge is 0.348 e. The molecule has 126 valence electrons. The van der Waals surface area contributed by atoms with Gasteiger partial charge in [-0.05, 0) is 48.1 Å². The number of para-hydroxylation sites is 1. The molecule has 6 heteroatoms. The molecule has 0 saturated heterocycles. The Morgan fingerprint density at radius 1 is 1.12 bits per heavy atom. The standard InChI is InChI=1S/C19H17ClN4S/c20-15-6-1-2-7-16(15)22-19(25)24-12-11-23-10-4-8-17(23)18(24)14-5-3-9-21-13-14/h1-10,13,18H,11-12H2,(H,22,25). The normalized spacial score (nSPS) is 16.4. The number of aromatic nitrogens is 2. The van der Waals surface area contributed by atoms with Gasteiger partial charge in [0.25, 0.3) is 0 Å².